The van der Waals surface area contributed by atoms with E-state index in [1.807, 2.05) is 0 Å². The van der Waals surface area contributed by atoms with Crippen LogP contribution in [0.25, 0.3) is 0 Å². The largest absolute Gasteiger partial charge is 0.463 e. The summed E-state index contributed by atoms with van der Waals surface area (Å²) in [6.07, 6.45) is 23.3. The highest BCUT2D eigenvalue weighted by molar-refractivity contribution is 5.69. The van der Waals surface area contributed by atoms with Crippen molar-refractivity contribution in [2.45, 2.75) is 240 Å². The quantitative estimate of drug-likeness (QED) is 0.0536. The van der Waals surface area contributed by atoms with Gasteiger partial charge in [-0.1, -0.05) is 144 Å². The molecule has 3 N–H and O–H groups in total. The first-order chi connectivity index (χ1) is 27.7. The van der Waals surface area contributed by atoms with Gasteiger partial charge in [0.05, 0.1) is 6.10 Å². The third kappa shape index (κ3) is 11.9. The van der Waals surface area contributed by atoms with E-state index in [2.05, 4.69) is 61.5 Å². The van der Waals surface area contributed by atoms with Gasteiger partial charge >= 0.3 is 5.97 Å². The van der Waals surface area contributed by atoms with Crippen molar-refractivity contribution in [3.63, 3.8) is 0 Å². The van der Waals surface area contributed by atoms with E-state index in [-0.39, 0.29) is 24.1 Å². The van der Waals surface area contributed by atoms with E-state index in [0.717, 1.165) is 86.4 Å². The van der Waals surface area contributed by atoms with Crippen molar-refractivity contribution in [3.05, 3.63) is 11.6 Å². The Morgan fingerprint density at radius 1 is 0.793 bits per heavy atom. The number of aliphatic hydroxyl groups is 3. The zero-order valence-corrected chi connectivity index (χ0v) is 38.6. The summed E-state index contributed by atoms with van der Waals surface area (Å²) in [4.78, 5) is 12.6. The first-order valence-electron chi connectivity index (χ1n) is 24.9. The fraction of sp³-hybridized carbons (Fsp3) is 0.941. The number of fused-ring (bicyclic) bond motifs is 5. The number of aliphatic hydroxyl groups excluding tert-OH is 3. The molecule has 1 saturated heterocycles. The van der Waals surface area contributed by atoms with E-state index < -0.39 is 30.7 Å². The summed E-state index contributed by atoms with van der Waals surface area (Å²) in [6, 6.07) is 0. The van der Waals surface area contributed by atoms with Crippen LogP contribution in [-0.2, 0) is 19.0 Å². The fourth-order valence-electron chi connectivity index (χ4n) is 13.2. The van der Waals surface area contributed by atoms with Gasteiger partial charge in [-0.05, 0) is 122 Å². The van der Waals surface area contributed by atoms with Gasteiger partial charge in [0.1, 0.15) is 31.0 Å². The number of unbranched alkanes of at least 4 members (excludes halogenated alkanes) is 9. The van der Waals surface area contributed by atoms with Crippen molar-refractivity contribution in [1.29, 1.82) is 0 Å². The Hall–Kier alpha value is -0.990. The standard InChI is InChI=1S/C51H90O7/c1-9-37(35(4)5)23-22-36(6)41-26-27-42-40-25-24-38-32-39(28-30-50(38,7)43(40)29-31-51(41,42)8)57-49-48(55)47(54)46(53)44(58-49)33-56-45(52)21-19-17-15-13-11-10-12-14-16-18-20-34(2)3/h24,34-37,39-44,46-49,53-55H,9-23,25-33H2,1-8H3. The Balaban J connectivity index is 1.04. The summed E-state index contributed by atoms with van der Waals surface area (Å²) in [6.45, 7) is 19.4. The van der Waals surface area contributed by atoms with Crippen LogP contribution in [0.2, 0.25) is 0 Å². The highest BCUT2D eigenvalue weighted by Gasteiger charge is 2.59. The summed E-state index contributed by atoms with van der Waals surface area (Å²) in [5, 5.41) is 32.5. The van der Waals surface area contributed by atoms with E-state index in [0.29, 0.717) is 17.8 Å². The minimum Gasteiger partial charge on any atom is -0.463 e. The molecule has 14 atom stereocenters. The van der Waals surface area contributed by atoms with Gasteiger partial charge in [0.2, 0.25) is 0 Å². The molecule has 0 aromatic rings. The molecule has 5 rings (SSSR count). The average Bonchev–Trinajstić information content (AvgIpc) is 3.55. The zero-order valence-electron chi connectivity index (χ0n) is 38.6. The maximum Gasteiger partial charge on any atom is 0.305 e. The minimum absolute atomic E-state index is 0.140. The van der Waals surface area contributed by atoms with Crippen LogP contribution in [0.3, 0.4) is 0 Å². The Labute approximate surface area is 355 Å². The molecule has 3 saturated carbocycles. The summed E-state index contributed by atoms with van der Waals surface area (Å²) in [5.74, 6) is 6.04. The van der Waals surface area contributed by atoms with Crippen molar-refractivity contribution in [2.75, 3.05) is 6.61 Å². The fourth-order valence-corrected chi connectivity index (χ4v) is 13.2. The monoisotopic (exact) mass is 815 g/mol. The molecule has 0 amide bonds. The normalized spacial score (nSPS) is 37.2. The summed E-state index contributed by atoms with van der Waals surface area (Å²) >= 11 is 0. The number of carbonyl (C=O) groups excluding carboxylic acids is 1. The smallest absolute Gasteiger partial charge is 0.305 e. The van der Waals surface area contributed by atoms with Gasteiger partial charge in [-0.3, -0.25) is 4.79 Å². The number of hydrogen-bond donors (Lipinski definition) is 3. The predicted molar refractivity (Wildman–Crippen MR) is 235 cm³/mol. The predicted octanol–water partition coefficient (Wildman–Crippen LogP) is 11.7. The number of esters is 1. The molecular weight excluding hydrogens is 725 g/mol. The molecule has 7 nitrogen and oxygen atoms in total. The van der Waals surface area contributed by atoms with Gasteiger partial charge in [-0.25, -0.2) is 0 Å². The molecule has 7 heteroatoms. The molecule has 58 heavy (non-hydrogen) atoms. The van der Waals surface area contributed by atoms with E-state index in [4.69, 9.17) is 14.2 Å². The Morgan fingerprint density at radius 2 is 1.47 bits per heavy atom. The van der Waals surface area contributed by atoms with Crippen LogP contribution in [0.1, 0.15) is 203 Å². The molecular formula is C51H90O7. The van der Waals surface area contributed by atoms with Crippen LogP contribution in [0.5, 0.6) is 0 Å². The molecule has 0 bridgehead atoms. The van der Waals surface area contributed by atoms with Crippen LogP contribution in [-0.4, -0.2) is 64.7 Å². The van der Waals surface area contributed by atoms with Gasteiger partial charge < -0.3 is 29.5 Å². The number of hydrogen-bond acceptors (Lipinski definition) is 7. The number of carbonyl (C=O) groups is 1. The maximum atomic E-state index is 12.6. The van der Waals surface area contributed by atoms with Crippen molar-refractivity contribution in [3.8, 4) is 0 Å². The first kappa shape index (κ1) is 48.0. The van der Waals surface area contributed by atoms with Gasteiger partial charge in [0.15, 0.2) is 6.29 Å². The lowest BCUT2D eigenvalue weighted by Gasteiger charge is -2.58. The molecule has 1 aliphatic heterocycles. The van der Waals surface area contributed by atoms with E-state index >= 15 is 0 Å². The molecule has 0 aromatic carbocycles. The van der Waals surface area contributed by atoms with E-state index in [9.17, 15) is 20.1 Å². The van der Waals surface area contributed by atoms with Crippen molar-refractivity contribution >= 4 is 5.97 Å². The topological polar surface area (TPSA) is 105 Å². The van der Waals surface area contributed by atoms with E-state index in [1.165, 1.54) is 102 Å². The third-order valence-corrected chi connectivity index (χ3v) is 17.1. The second-order valence-corrected chi connectivity index (χ2v) is 21.6. The highest BCUT2D eigenvalue weighted by Crippen LogP contribution is 2.67. The van der Waals surface area contributed by atoms with Crippen molar-refractivity contribution in [1.82, 2.24) is 0 Å². The lowest BCUT2D eigenvalue weighted by Crippen LogP contribution is -2.60. The number of allylic oxidation sites excluding steroid dienone is 1. The molecule has 0 radical (unpaired) electrons. The molecule has 14 unspecified atom stereocenters. The second kappa shape index (κ2) is 22.4. The Bertz CT molecular complexity index is 1270. The van der Waals surface area contributed by atoms with Crippen LogP contribution in [0, 0.1) is 58.2 Å². The van der Waals surface area contributed by atoms with Crippen LogP contribution >= 0.6 is 0 Å². The molecule has 1 heterocycles. The molecule has 5 aliphatic rings. The van der Waals surface area contributed by atoms with Gasteiger partial charge in [0, 0.05) is 6.42 Å². The van der Waals surface area contributed by atoms with Crippen molar-refractivity contribution < 1.29 is 34.3 Å². The number of ether oxygens (including phenoxy) is 3. The molecule has 336 valence electrons. The lowest BCUT2D eigenvalue weighted by atomic mass is 9.47. The van der Waals surface area contributed by atoms with Gasteiger partial charge in [0.25, 0.3) is 0 Å². The van der Waals surface area contributed by atoms with Gasteiger partial charge in [-0.15, -0.1) is 0 Å². The summed E-state index contributed by atoms with van der Waals surface area (Å²) < 4.78 is 18.0. The minimum atomic E-state index is -1.44. The van der Waals surface area contributed by atoms with Crippen LogP contribution in [0.15, 0.2) is 11.6 Å². The highest BCUT2D eigenvalue weighted by atomic mass is 16.7. The van der Waals surface area contributed by atoms with Crippen molar-refractivity contribution in [2.24, 2.45) is 58.2 Å². The first-order valence-corrected chi connectivity index (χ1v) is 24.9. The summed E-state index contributed by atoms with van der Waals surface area (Å²) in [5.41, 5.74) is 2.13. The third-order valence-electron chi connectivity index (χ3n) is 17.1. The second-order valence-electron chi connectivity index (χ2n) is 21.6. The average molecular weight is 815 g/mol. The molecule has 4 fully saturated rings. The summed E-state index contributed by atoms with van der Waals surface area (Å²) in [7, 11) is 0. The lowest BCUT2D eigenvalue weighted by molar-refractivity contribution is -0.313. The maximum absolute atomic E-state index is 12.6. The SMILES string of the molecule is CCC(CCC(C)C1CCC2C3CC=C4CC(OC5OC(COC(=O)CCCCCCCCCCCCC(C)C)C(O)C(O)C5O)CCC4(C)C3CCC12C)C(C)C. The van der Waals surface area contributed by atoms with Gasteiger partial charge in [-0.2, -0.15) is 0 Å². The Morgan fingerprint density at radius 3 is 2.12 bits per heavy atom. The molecule has 0 aromatic heterocycles. The molecule has 4 aliphatic carbocycles. The van der Waals surface area contributed by atoms with Crippen LogP contribution < -0.4 is 0 Å². The Kier molecular flexibility index (Phi) is 18.5. The number of rotatable bonds is 23. The van der Waals surface area contributed by atoms with Crippen LogP contribution in [0.4, 0.5) is 0 Å². The zero-order chi connectivity index (χ0) is 42.0. The van der Waals surface area contributed by atoms with E-state index in [1.54, 1.807) is 0 Å². The molecule has 0 spiro atoms.